The molecule has 7 nitrogen and oxygen atoms in total. The third kappa shape index (κ3) is 4.35. The van der Waals surface area contributed by atoms with Crippen LogP contribution in [0.4, 0.5) is 5.69 Å². The number of piperazine rings is 1. The number of nitro benzene ring substituents is 1. The van der Waals surface area contributed by atoms with Crippen LogP contribution in [0.5, 0.6) is 0 Å². The molecule has 27 heavy (non-hydrogen) atoms. The first-order valence-corrected chi connectivity index (χ1v) is 10.4. The van der Waals surface area contributed by atoms with E-state index in [1.807, 2.05) is 26.0 Å². The van der Waals surface area contributed by atoms with Gasteiger partial charge in [-0.3, -0.25) is 10.1 Å². The highest BCUT2D eigenvalue weighted by atomic mass is 32.2. The monoisotopic (exact) mass is 390 g/mol. The molecule has 1 saturated heterocycles. The summed E-state index contributed by atoms with van der Waals surface area (Å²) in [5.74, 6) is 0. The van der Waals surface area contributed by atoms with E-state index in [0.29, 0.717) is 31.1 Å². The van der Waals surface area contributed by atoms with E-state index >= 15 is 0 Å². The molecule has 0 aliphatic carbocycles. The normalized spacial score (nSPS) is 16.4. The van der Waals surface area contributed by atoms with Gasteiger partial charge in [0.25, 0.3) is 5.69 Å². The standard InChI is InChI=1S/C19H23N3O4S/c1-15-3-8-19(16(2)13-15)27(25,26)21-11-9-20(10-12-21)14-17-4-6-18(7-5-17)22(23)24/h3-8,13H,9-12,14H2,1-2H3/p+1. The molecule has 1 N–H and O–H groups in total. The number of benzene rings is 2. The molecule has 144 valence electrons. The van der Waals surface area contributed by atoms with Crippen LogP contribution in [-0.2, 0) is 16.6 Å². The van der Waals surface area contributed by atoms with E-state index in [0.717, 1.165) is 23.2 Å². The highest BCUT2D eigenvalue weighted by Gasteiger charge is 2.31. The molecule has 1 fully saturated rings. The molecule has 1 aliphatic heterocycles. The number of quaternary nitrogens is 1. The fourth-order valence-electron chi connectivity index (χ4n) is 3.47. The van der Waals surface area contributed by atoms with E-state index in [1.54, 1.807) is 22.5 Å². The van der Waals surface area contributed by atoms with Crippen LogP contribution < -0.4 is 4.90 Å². The summed E-state index contributed by atoms with van der Waals surface area (Å²) in [4.78, 5) is 12.0. The molecule has 0 spiro atoms. The van der Waals surface area contributed by atoms with E-state index in [-0.39, 0.29) is 5.69 Å². The Morgan fingerprint density at radius 3 is 2.26 bits per heavy atom. The Balaban J connectivity index is 1.63. The van der Waals surface area contributed by atoms with Crippen LogP contribution in [-0.4, -0.2) is 43.8 Å². The molecule has 3 rings (SSSR count). The summed E-state index contributed by atoms with van der Waals surface area (Å²) in [6, 6.07) is 12.0. The largest absolute Gasteiger partial charge is 0.329 e. The minimum absolute atomic E-state index is 0.0816. The van der Waals surface area contributed by atoms with Gasteiger partial charge in [-0.05, 0) is 37.6 Å². The van der Waals surface area contributed by atoms with Crippen molar-refractivity contribution in [2.45, 2.75) is 25.3 Å². The number of hydrogen-bond donors (Lipinski definition) is 1. The topological polar surface area (TPSA) is 85.0 Å². The first-order valence-electron chi connectivity index (χ1n) is 8.91. The summed E-state index contributed by atoms with van der Waals surface area (Å²) in [7, 11) is -3.48. The maximum absolute atomic E-state index is 12.9. The second kappa shape index (κ2) is 7.75. The minimum Gasteiger partial charge on any atom is -0.329 e. The zero-order chi connectivity index (χ0) is 19.6. The third-order valence-corrected chi connectivity index (χ3v) is 7.04. The highest BCUT2D eigenvalue weighted by molar-refractivity contribution is 7.89. The Morgan fingerprint density at radius 1 is 1.07 bits per heavy atom. The second-order valence-corrected chi connectivity index (χ2v) is 8.93. The Morgan fingerprint density at radius 2 is 1.70 bits per heavy atom. The van der Waals surface area contributed by atoms with Crippen LogP contribution in [0.2, 0.25) is 0 Å². The van der Waals surface area contributed by atoms with E-state index in [4.69, 9.17) is 0 Å². The smallest absolute Gasteiger partial charge is 0.269 e. The number of sulfonamides is 1. The number of hydrogen-bond acceptors (Lipinski definition) is 4. The number of nitrogens with zero attached hydrogens (tertiary/aromatic N) is 2. The zero-order valence-corrected chi connectivity index (χ0v) is 16.3. The van der Waals surface area contributed by atoms with Crippen molar-refractivity contribution >= 4 is 15.7 Å². The molecule has 8 heteroatoms. The third-order valence-electron chi connectivity index (χ3n) is 4.98. The molecule has 0 unspecified atom stereocenters. The van der Waals surface area contributed by atoms with Crippen LogP contribution in [0, 0.1) is 24.0 Å². The second-order valence-electron chi connectivity index (χ2n) is 7.02. The summed E-state index contributed by atoms with van der Waals surface area (Å²) in [6.45, 7) is 6.87. The average Bonchev–Trinajstić information content (AvgIpc) is 2.62. The molecule has 0 bridgehead atoms. The van der Waals surface area contributed by atoms with Gasteiger partial charge in [0.2, 0.25) is 10.0 Å². The molecule has 2 aromatic carbocycles. The molecule has 0 radical (unpaired) electrons. The van der Waals surface area contributed by atoms with Gasteiger partial charge < -0.3 is 4.90 Å². The Hall–Kier alpha value is -2.29. The van der Waals surface area contributed by atoms with Crippen molar-refractivity contribution in [3.8, 4) is 0 Å². The highest BCUT2D eigenvalue weighted by Crippen LogP contribution is 2.21. The number of non-ortho nitro benzene ring substituents is 1. The zero-order valence-electron chi connectivity index (χ0n) is 15.5. The van der Waals surface area contributed by atoms with Gasteiger partial charge in [-0.1, -0.05) is 17.7 Å². The van der Waals surface area contributed by atoms with Crippen LogP contribution >= 0.6 is 0 Å². The van der Waals surface area contributed by atoms with Crippen molar-refractivity contribution < 1.29 is 18.2 Å². The first kappa shape index (κ1) is 19.5. The van der Waals surface area contributed by atoms with Gasteiger partial charge in [0, 0.05) is 17.7 Å². The molecular weight excluding hydrogens is 366 g/mol. The van der Waals surface area contributed by atoms with Crippen LogP contribution in [0.3, 0.4) is 0 Å². The maximum Gasteiger partial charge on any atom is 0.269 e. The van der Waals surface area contributed by atoms with E-state index < -0.39 is 14.9 Å². The van der Waals surface area contributed by atoms with Crippen LogP contribution in [0.15, 0.2) is 47.4 Å². The van der Waals surface area contributed by atoms with Gasteiger partial charge in [0.1, 0.15) is 6.54 Å². The maximum atomic E-state index is 12.9. The lowest BCUT2D eigenvalue weighted by molar-refractivity contribution is -0.917. The summed E-state index contributed by atoms with van der Waals surface area (Å²) in [5.41, 5.74) is 2.92. The molecular formula is C19H24N3O4S+. The van der Waals surface area contributed by atoms with Gasteiger partial charge in [-0.15, -0.1) is 0 Å². The van der Waals surface area contributed by atoms with Crippen LogP contribution in [0.25, 0.3) is 0 Å². The molecule has 1 aliphatic rings. The summed E-state index contributed by atoms with van der Waals surface area (Å²) in [5, 5.41) is 10.7. The van der Waals surface area contributed by atoms with Gasteiger partial charge in [-0.25, -0.2) is 8.42 Å². The van der Waals surface area contributed by atoms with Crippen molar-refractivity contribution in [3.05, 3.63) is 69.3 Å². The molecule has 0 atom stereocenters. The predicted molar refractivity (Wildman–Crippen MR) is 102 cm³/mol. The Labute approximate surface area is 159 Å². The van der Waals surface area contributed by atoms with Crippen molar-refractivity contribution in [3.63, 3.8) is 0 Å². The number of nitro groups is 1. The molecule has 0 aromatic heterocycles. The van der Waals surface area contributed by atoms with Gasteiger partial charge in [0.05, 0.1) is 36.0 Å². The quantitative estimate of drug-likeness (QED) is 0.616. The van der Waals surface area contributed by atoms with Gasteiger partial charge >= 0.3 is 0 Å². The van der Waals surface area contributed by atoms with Gasteiger partial charge in [0.15, 0.2) is 0 Å². The van der Waals surface area contributed by atoms with Crippen molar-refractivity contribution in [2.75, 3.05) is 26.2 Å². The fourth-order valence-corrected chi connectivity index (χ4v) is 5.12. The summed E-state index contributed by atoms with van der Waals surface area (Å²) in [6.07, 6.45) is 0. The fraction of sp³-hybridized carbons (Fsp3) is 0.368. The lowest BCUT2D eigenvalue weighted by atomic mass is 10.2. The summed E-state index contributed by atoms with van der Waals surface area (Å²) >= 11 is 0. The molecule has 1 heterocycles. The molecule has 2 aromatic rings. The van der Waals surface area contributed by atoms with Gasteiger partial charge in [-0.2, -0.15) is 4.31 Å². The van der Waals surface area contributed by atoms with E-state index in [1.165, 1.54) is 17.0 Å². The van der Waals surface area contributed by atoms with Crippen molar-refractivity contribution in [2.24, 2.45) is 0 Å². The Bertz CT molecular complexity index is 934. The number of aryl methyl sites for hydroxylation is 2. The lowest BCUT2D eigenvalue weighted by Gasteiger charge is -2.31. The van der Waals surface area contributed by atoms with Crippen LogP contribution in [0.1, 0.15) is 16.7 Å². The average molecular weight is 390 g/mol. The SMILES string of the molecule is Cc1ccc(S(=O)(=O)N2CC[NH+](Cc3ccc([N+](=O)[O-])cc3)CC2)c(C)c1. The molecule has 0 saturated carbocycles. The summed E-state index contributed by atoms with van der Waals surface area (Å²) < 4.78 is 27.4. The van der Waals surface area contributed by atoms with E-state index in [2.05, 4.69) is 0 Å². The van der Waals surface area contributed by atoms with Crippen molar-refractivity contribution in [1.82, 2.24) is 4.31 Å². The Kier molecular flexibility index (Phi) is 5.59. The molecule has 0 amide bonds. The predicted octanol–water partition coefficient (Wildman–Crippen LogP) is 1.30. The lowest BCUT2D eigenvalue weighted by Crippen LogP contribution is -3.13. The number of nitrogens with one attached hydrogen (secondary N) is 1. The minimum atomic E-state index is -3.48. The number of rotatable bonds is 5. The van der Waals surface area contributed by atoms with E-state index in [9.17, 15) is 18.5 Å². The van der Waals surface area contributed by atoms with Crippen molar-refractivity contribution in [1.29, 1.82) is 0 Å². The first-order chi connectivity index (χ1) is 12.8.